The monoisotopic (exact) mass is 582 g/mol. The lowest BCUT2D eigenvalue weighted by atomic mass is 10.0. The number of carbonyl (C=O) groups excluding carboxylic acids is 2. The zero-order chi connectivity index (χ0) is 27.7. The Balaban J connectivity index is 1.60. The number of carbonyl (C=O) groups is 2. The molecule has 2 heterocycles. The molecule has 0 aromatic heterocycles. The van der Waals surface area contributed by atoms with Crippen LogP contribution in [0.4, 0.5) is 22.7 Å². The minimum Gasteiger partial charge on any atom is -0.378 e. The Morgan fingerprint density at radius 1 is 0.897 bits per heavy atom. The number of hydrogen-bond acceptors (Lipinski definition) is 7. The van der Waals surface area contributed by atoms with Crippen molar-refractivity contribution in [2.24, 2.45) is 0 Å². The summed E-state index contributed by atoms with van der Waals surface area (Å²) in [6, 6.07) is 17.4. The third-order valence-corrected chi connectivity index (χ3v) is 7.19. The second-order valence-corrected chi connectivity index (χ2v) is 9.89. The summed E-state index contributed by atoms with van der Waals surface area (Å²) in [5.74, 6) is -1.41. The molecule has 0 bridgehead atoms. The van der Waals surface area contributed by atoms with Gasteiger partial charge in [0.15, 0.2) is 5.11 Å². The lowest BCUT2D eigenvalue weighted by molar-refractivity contribution is -0.384. The average molecular weight is 583 g/mol. The van der Waals surface area contributed by atoms with Gasteiger partial charge in [0.1, 0.15) is 5.57 Å². The zero-order valence-electron chi connectivity index (χ0n) is 20.3. The summed E-state index contributed by atoms with van der Waals surface area (Å²) in [6.45, 7) is 2.73. The van der Waals surface area contributed by atoms with E-state index < -0.39 is 16.7 Å². The van der Waals surface area contributed by atoms with E-state index in [0.717, 1.165) is 23.7 Å². The highest BCUT2D eigenvalue weighted by Gasteiger charge is 2.42. The van der Waals surface area contributed by atoms with Gasteiger partial charge in [-0.05, 0) is 66.3 Å². The van der Waals surface area contributed by atoms with Gasteiger partial charge < -0.3 is 9.64 Å². The van der Waals surface area contributed by atoms with Crippen LogP contribution in [-0.4, -0.2) is 48.2 Å². The van der Waals surface area contributed by atoms with Crippen molar-refractivity contribution < 1.29 is 19.2 Å². The number of nitro groups is 1. The quantitative estimate of drug-likeness (QED) is 0.129. The molecule has 0 unspecified atom stereocenters. The number of nitro benzene ring substituents is 1. The van der Waals surface area contributed by atoms with E-state index >= 15 is 0 Å². The maximum Gasteiger partial charge on any atom is 0.270 e. The first-order valence-electron chi connectivity index (χ1n) is 11.8. The van der Waals surface area contributed by atoms with Crippen molar-refractivity contribution in [2.45, 2.75) is 0 Å². The maximum atomic E-state index is 13.8. The Morgan fingerprint density at radius 3 is 2.26 bits per heavy atom. The van der Waals surface area contributed by atoms with Gasteiger partial charge in [0.2, 0.25) is 0 Å². The molecule has 0 aliphatic carbocycles. The van der Waals surface area contributed by atoms with Crippen LogP contribution in [0.2, 0.25) is 10.0 Å². The highest BCUT2D eigenvalue weighted by molar-refractivity contribution is 7.81. The first kappa shape index (κ1) is 26.8. The number of benzene rings is 3. The molecule has 2 amide bonds. The Kier molecular flexibility index (Phi) is 7.62. The van der Waals surface area contributed by atoms with E-state index in [1.807, 2.05) is 12.1 Å². The van der Waals surface area contributed by atoms with E-state index in [9.17, 15) is 19.7 Å². The van der Waals surface area contributed by atoms with Crippen molar-refractivity contribution in [1.82, 2.24) is 0 Å². The van der Waals surface area contributed by atoms with Crippen LogP contribution >= 0.6 is 35.4 Å². The van der Waals surface area contributed by atoms with Gasteiger partial charge in [-0.3, -0.25) is 29.5 Å². The van der Waals surface area contributed by atoms with Crippen LogP contribution in [-0.2, 0) is 14.3 Å². The van der Waals surface area contributed by atoms with E-state index in [-0.39, 0.29) is 27.1 Å². The molecule has 198 valence electrons. The maximum absolute atomic E-state index is 13.8. The first-order chi connectivity index (χ1) is 18.7. The number of thiocarbonyl (C=S) groups is 1. The number of ether oxygens (including phenoxy) is 1. The topological polar surface area (TPSA) is 96.2 Å². The van der Waals surface area contributed by atoms with Crippen molar-refractivity contribution in [2.75, 3.05) is 41.0 Å². The van der Waals surface area contributed by atoms with Crippen molar-refractivity contribution >= 4 is 81.2 Å². The van der Waals surface area contributed by atoms with Gasteiger partial charge in [0.25, 0.3) is 17.5 Å². The van der Waals surface area contributed by atoms with E-state index in [4.69, 9.17) is 40.2 Å². The molecule has 0 spiro atoms. The fourth-order valence-electron chi connectivity index (χ4n) is 4.36. The molecule has 0 atom stereocenters. The largest absolute Gasteiger partial charge is 0.378 e. The summed E-state index contributed by atoms with van der Waals surface area (Å²) in [5.41, 5.74) is 1.46. The summed E-state index contributed by atoms with van der Waals surface area (Å²) in [4.78, 5) is 42.8. The number of halogens is 2. The van der Waals surface area contributed by atoms with Gasteiger partial charge in [-0.25, -0.2) is 0 Å². The molecule has 0 radical (unpaired) electrons. The summed E-state index contributed by atoms with van der Waals surface area (Å²) >= 11 is 18.3. The fourth-order valence-corrected chi connectivity index (χ4v) is 5.09. The molecule has 3 aromatic rings. The summed E-state index contributed by atoms with van der Waals surface area (Å²) in [6.07, 6.45) is 1.31. The van der Waals surface area contributed by atoms with Gasteiger partial charge in [-0.15, -0.1) is 0 Å². The second-order valence-electron chi connectivity index (χ2n) is 8.69. The molecule has 2 fully saturated rings. The van der Waals surface area contributed by atoms with Gasteiger partial charge in [-0.2, -0.15) is 0 Å². The van der Waals surface area contributed by atoms with E-state index in [2.05, 4.69) is 4.90 Å². The lowest BCUT2D eigenvalue weighted by Gasteiger charge is -2.37. The number of rotatable bonds is 5. The average Bonchev–Trinajstić information content (AvgIpc) is 2.94. The molecule has 39 heavy (non-hydrogen) atoms. The number of non-ortho nitro benzene ring substituents is 1. The predicted molar refractivity (Wildman–Crippen MR) is 155 cm³/mol. The standard InChI is InChI=1S/C27H20Cl2N4O5S/c28-18-4-9-23(29)24(16-18)32-26(35)22(15-17-2-1-3-21(14-17)33(36)37)25(34)31(27(32)39)20-7-5-19(6-8-20)30-10-12-38-13-11-30/h1-9,14-16H,10-13H2/b22-15-. The smallest absolute Gasteiger partial charge is 0.270 e. The Morgan fingerprint density at radius 2 is 1.56 bits per heavy atom. The molecular formula is C27H20Cl2N4O5S. The summed E-state index contributed by atoms with van der Waals surface area (Å²) in [5, 5.41) is 11.7. The molecule has 12 heteroatoms. The molecule has 3 aromatic carbocycles. The molecule has 2 saturated heterocycles. The molecule has 2 aliphatic rings. The Hall–Kier alpha value is -3.83. The second kappa shape index (κ2) is 11.1. The van der Waals surface area contributed by atoms with E-state index in [1.54, 1.807) is 24.3 Å². The minimum absolute atomic E-state index is 0.107. The molecule has 5 rings (SSSR count). The van der Waals surface area contributed by atoms with Crippen LogP contribution in [0.3, 0.4) is 0 Å². The Labute approximate surface area is 238 Å². The lowest BCUT2D eigenvalue weighted by Crippen LogP contribution is -2.57. The van der Waals surface area contributed by atoms with Crippen LogP contribution in [0.25, 0.3) is 6.08 Å². The highest BCUT2D eigenvalue weighted by atomic mass is 35.5. The van der Waals surface area contributed by atoms with Crippen molar-refractivity contribution in [3.8, 4) is 0 Å². The fraction of sp³-hybridized carbons (Fsp3) is 0.148. The van der Waals surface area contributed by atoms with Crippen molar-refractivity contribution in [1.29, 1.82) is 0 Å². The summed E-state index contributed by atoms with van der Waals surface area (Å²) < 4.78 is 5.42. The van der Waals surface area contributed by atoms with Crippen molar-refractivity contribution in [3.63, 3.8) is 0 Å². The van der Waals surface area contributed by atoms with E-state index in [1.165, 1.54) is 41.3 Å². The number of anilines is 3. The highest BCUT2D eigenvalue weighted by Crippen LogP contribution is 2.36. The first-order valence-corrected chi connectivity index (χ1v) is 13.0. The third-order valence-electron chi connectivity index (χ3n) is 6.27. The van der Waals surface area contributed by atoms with Crippen LogP contribution < -0.4 is 14.7 Å². The SMILES string of the molecule is O=C1/C(=C/c2cccc([N+](=O)[O-])c2)C(=O)N(c2cc(Cl)ccc2Cl)C(=S)N1c1ccc(N2CCOCC2)cc1. The zero-order valence-corrected chi connectivity index (χ0v) is 22.6. The van der Waals surface area contributed by atoms with Gasteiger partial charge in [0, 0.05) is 35.9 Å². The number of amides is 2. The summed E-state index contributed by atoms with van der Waals surface area (Å²) in [7, 11) is 0. The Bertz CT molecular complexity index is 1520. The molecule has 0 N–H and O–H groups in total. The number of nitrogens with zero attached hydrogens (tertiary/aromatic N) is 4. The normalized spacial score (nSPS) is 17.2. The van der Waals surface area contributed by atoms with Gasteiger partial charge in [0.05, 0.1) is 34.5 Å². The van der Waals surface area contributed by atoms with Crippen LogP contribution in [0.15, 0.2) is 72.3 Å². The minimum atomic E-state index is -0.734. The number of morpholine rings is 1. The molecule has 9 nitrogen and oxygen atoms in total. The van der Waals surface area contributed by atoms with Crippen molar-refractivity contribution in [3.05, 3.63) is 98.0 Å². The van der Waals surface area contributed by atoms with Crippen LogP contribution in [0, 0.1) is 10.1 Å². The van der Waals surface area contributed by atoms with Crippen LogP contribution in [0.1, 0.15) is 5.56 Å². The molecular weight excluding hydrogens is 563 g/mol. The number of hydrogen-bond donors (Lipinski definition) is 0. The molecule has 0 saturated carbocycles. The molecule has 2 aliphatic heterocycles. The third kappa shape index (κ3) is 5.37. The van der Waals surface area contributed by atoms with Crippen LogP contribution in [0.5, 0.6) is 0 Å². The van der Waals surface area contributed by atoms with Gasteiger partial charge >= 0.3 is 0 Å². The van der Waals surface area contributed by atoms with Gasteiger partial charge in [-0.1, -0.05) is 35.3 Å². The van der Waals surface area contributed by atoms with E-state index in [0.29, 0.717) is 29.5 Å². The predicted octanol–water partition coefficient (Wildman–Crippen LogP) is 5.49.